The van der Waals surface area contributed by atoms with Gasteiger partial charge in [0.2, 0.25) is 11.8 Å². The van der Waals surface area contributed by atoms with Crippen molar-refractivity contribution in [2.45, 2.75) is 37.9 Å². The van der Waals surface area contributed by atoms with Crippen LogP contribution in [0.25, 0.3) is 11.0 Å². The Morgan fingerprint density at radius 1 is 1.13 bits per heavy atom. The predicted octanol–water partition coefficient (Wildman–Crippen LogP) is 3.63. The van der Waals surface area contributed by atoms with Crippen molar-refractivity contribution in [1.82, 2.24) is 14.9 Å². The van der Waals surface area contributed by atoms with Crippen molar-refractivity contribution in [3.8, 4) is 0 Å². The van der Waals surface area contributed by atoms with Crippen LogP contribution in [0.4, 0.5) is 5.69 Å². The van der Waals surface area contributed by atoms with Gasteiger partial charge in [-0.1, -0.05) is 55.4 Å². The minimum absolute atomic E-state index is 0.00754. The molecular weight excluding hydrogens is 396 g/mol. The van der Waals surface area contributed by atoms with Gasteiger partial charge in [-0.15, -0.1) is 0 Å². The smallest absolute Gasteiger partial charge is 0.247 e. The lowest BCUT2D eigenvalue weighted by Crippen LogP contribution is -2.32. The van der Waals surface area contributed by atoms with Gasteiger partial charge in [0.1, 0.15) is 6.54 Å². The van der Waals surface area contributed by atoms with Crippen LogP contribution < -0.4 is 10.2 Å². The molecule has 1 aliphatic heterocycles. The van der Waals surface area contributed by atoms with Crippen molar-refractivity contribution in [2.24, 2.45) is 0 Å². The summed E-state index contributed by atoms with van der Waals surface area (Å²) in [5, 5.41) is 3.63. The summed E-state index contributed by atoms with van der Waals surface area (Å²) in [5.74, 6) is 0.317. The molecule has 0 aliphatic carbocycles. The van der Waals surface area contributed by atoms with Crippen LogP contribution in [0.3, 0.4) is 0 Å². The van der Waals surface area contributed by atoms with Gasteiger partial charge >= 0.3 is 0 Å². The van der Waals surface area contributed by atoms with Gasteiger partial charge in [0.15, 0.2) is 5.16 Å². The maximum absolute atomic E-state index is 13.2. The van der Waals surface area contributed by atoms with E-state index >= 15 is 0 Å². The fraction of sp³-hybridized carbons (Fsp3) is 0.348. The highest BCUT2D eigenvalue weighted by Gasteiger charge is 2.25. The summed E-state index contributed by atoms with van der Waals surface area (Å²) in [6, 6.07) is 15.8. The molecule has 0 bridgehead atoms. The van der Waals surface area contributed by atoms with Gasteiger partial charge in [-0.25, -0.2) is 4.98 Å². The Morgan fingerprint density at radius 2 is 1.93 bits per heavy atom. The quantitative estimate of drug-likeness (QED) is 0.445. The second-order valence-electron chi connectivity index (χ2n) is 7.39. The molecule has 7 heteroatoms. The lowest BCUT2D eigenvalue weighted by molar-refractivity contribution is -0.119. The summed E-state index contributed by atoms with van der Waals surface area (Å²) >= 11 is 1.38. The summed E-state index contributed by atoms with van der Waals surface area (Å²) in [7, 11) is 0. The van der Waals surface area contributed by atoms with Crippen LogP contribution in [-0.2, 0) is 22.6 Å². The fourth-order valence-electron chi connectivity index (χ4n) is 3.72. The first-order valence-electron chi connectivity index (χ1n) is 10.4. The molecule has 0 atom stereocenters. The van der Waals surface area contributed by atoms with Crippen molar-refractivity contribution in [3.05, 3.63) is 54.1 Å². The van der Waals surface area contributed by atoms with Gasteiger partial charge in [0.05, 0.1) is 16.8 Å². The number of thioether (sulfide) groups is 1. The molecule has 1 aliphatic rings. The van der Waals surface area contributed by atoms with E-state index in [0.29, 0.717) is 18.2 Å². The van der Waals surface area contributed by atoms with Crippen LogP contribution in [0.5, 0.6) is 0 Å². The van der Waals surface area contributed by atoms with Crippen molar-refractivity contribution in [2.75, 3.05) is 23.7 Å². The second kappa shape index (κ2) is 9.34. The Balaban J connectivity index is 1.52. The van der Waals surface area contributed by atoms with Gasteiger partial charge < -0.3 is 14.8 Å². The number of aromatic nitrogens is 2. The molecule has 0 saturated carbocycles. The molecule has 3 aromatic rings. The summed E-state index contributed by atoms with van der Waals surface area (Å²) in [4.78, 5) is 31.9. The minimum atomic E-state index is -0.00754. The van der Waals surface area contributed by atoms with E-state index in [2.05, 4.69) is 23.3 Å². The molecule has 156 valence electrons. The van der Waals surface area contributed by atoms with E-state index in [1.165, 1.54) is 17.3 Å². The first-order valence-corrected chi connectivity index (χ1v) is 11.4. The molecule has 1 aromatic heterocycles. The number of hydrogen-bond donors (Lipinski definition) is 1. The maximum Gasteiger partial charge on any atom is 0.247 e. The Morgan fingerprint density at radius 3 is 2.80 bits per heavy atom. The monoisotopic (exact) mass is 422 g/mol. The van der Waals surface area contributed by atoms with Crippen LogP contribution in [-0.4, -0.2) is 40.2 Å². The lowest BCUT2D eigenvalue weighted by Gasteiger charge is -2.18. The third-order valence-electron chi connectivity index (χ3n) is 5.29. The third kappa shape index (κ3) is 4.36. The summed E-state index contributed by atoms with van der Waals surface area (Å²) in [6.07, 6.45) is 2.90. The average molecular weight is 423 g/mol. The number of para-hydroxylation sites is 3. The predicted molar refractivity (Wildman–Crippen MR) is 121 cm³/mol. The number of benzene rings is 2. The number of anilines is 1. The highest BCUT2D eigenvalue weighted by molar-refractivity contribution is 7.99. The molecule has 30 heavy (non-hydrogen) atoms. The standard InChI is InChI=1S/C23H26N4O2S/c1-2-3-13-24-21(28)16-30-23-25-18-9-5-7-11-20(18)27(23)15-22(29)26-14-12-17-8-4-6-10-19(17)26/h4-11H,2-3,12-16H2,1H3,(H,24,28). The van der Waals surface area contributed by atoms with Gasteiger partial charge in [-0.2, -0.15) is 0 Å². The number of rotatable bonds is 8. The molecule has 0 unspecified atom stereocenters. The topological polar surface area (TPSA) is 67.2 Å². The van der Waals surface area contributed by atoms with E-state index < -0.39 is 0 Å². The zero-order chi connectivity index (χ0) is 20.9. The lowest BCUT2D eigenvalue weighted by atomic mass is 10.2. The molecule has 4 rings (SSSR count). The number of carbonyl (C=O) groups is 2. The Hall–Kier alpha value is -2.80. The van der Waals surface area contributed by atoms with Gasteiger partial charge in [0, 0.05) is 18.8 Å². The van der Waals surface area contributed by atoms with Crippen LogP contribution in [0.2, 0.25) is 0 Å². The molecule has 2 aromatic carbocycles. The summed E-state index contributed by atoms with van der Waals surface area (Å²) < 4.78 is 1.93. The summed E-state index contributed by atoms with van der Waals surface area (Å²) in [5.41, 5.74) is 3.95. The van der Waals surface area contributed by atoms with Gasteiger partial charge in [-0.3, -0.25) is 9.59 Å². The number of nitrogens with zero attached hydrogens (tertiary/aromatic N) is 3. The first kappa shape index (κ1) is 20.5. The normalized spacial score (nSPS) is 12.9. The van der Waals surface area contributed by atoms with Gasteiger partial charge in [-0.05, 0) is 36.6 Å². The Labute approximate surface area is 180 Å². The highest BCUT2D eigenvalue weighted by atomic mass is 32.2. The van der Waals surface area contributed by atoms with Crippen molar-refractivity contribution in [1.29, 1.82) is 0 Å². The number of amides is 2. The van der Waals surface area contributed by atoms with Crippen LogP contribution >= 0.6 is 11.8 Å². The number of imidazole rings is 1. The molecule has 0 saturated heterocycles. The summed E-state index contributed by atoms with van der Waals surface area (Å²) in [6.45, 7) is 3.69. The number of fused-ring (bicyclic) bond motifs is 2. The number of nitrogens with one attached hydrogen (secondary N) is 1. The second-order valence-corrected chi connectivity index (χ2v) is 8.33. The minimum Gasteiger partial charge on any atom is -0.355 e. The van der Waals surface area contributed by atoms with E-state index in [0.717, 1.165) is 36.0 Å². The number of unbranched alkanes of at least 4 members (excludes halogenated alkanes) is 1. The number of hydrogen-bond acceptors (Lipinski definition) is 4. The zero-order valence-corrected chi connectivity index (χ0v) is 18.0. The van der Waals surface area contributed by atoms with E-state index in [9.17, 15) is 9.59 Å². The Kier molecular flexibility index (Phi) is 6.38. The third-order valence-corrected chi connectivity index (χ3v) is 6.26. The molecule has 0 radical (unpaired) electrons. The number of carbonyl (C=O) groups excluding carboxylic acids is 2. The molecule has 2 amide bonds. The average Bonchev–Trinajstić information content (AvgIpc) is 3.34. The fourth-order valence-corrected chi connectivity index (χ4v) is 4.56. The molecule has 2 heterocycles. The van der Waals surface area contributed by atoms with Crippen LogP contribution in [0.15, 0.2) is 53.7 Å². The van der Waals surface area contributed by atoms with Gasteiger partial charge in [0.25, 0.3) is 0 Å². The molecule has 1 N–H and O–H groups in total. The maximum atomic E-state index is 13.2. The van der Waals surface area contributed by atoms with E-state index in [1.54, 1.807) is 0 Å². The van der Waals surface area contributed by atoms with Crippen molar-refractivity contribution in [3.63, 3.8) is 0 Å². The van der Waals surface area contributed by atoms with Crippen LogP contribution in [0, 0.1) is 0 Å². The van der Waals surface area contributed by atoms with Crippen molar-refractivity contribution >= 4 is 40.3 Å². The Bertz CT molecular complexity index is 1060. The van der Waals surface area contributed by atoms with Crippen molar-refractivity contribution < 1.29 is 9.59 Å². The molecular formula is C23H26N4O2S. The largest absolute Gasteiger partial charge is 0.355 e. The molecule has 6 nitrogen and oxygen atoms in total. The first-order chi connectivity index (χ1) is 14.7. The zero-order valence-electron chi connectivity index (χ0n) is 17.1. The van der Waals surface area contributed by atoms with Crippen LogP contribution in [0.1, 0.15) is 25.3 Å². The molecule has 0 fully saturated rings. The molecule has 0 spiro atoms. The highest BCUT2D eigenvalue weighted by Crippen LogP contribution is 2.29. The van der Waals surface area contributed by atoms with E-state index in [-0.39, 0.29) is 24.1 Å². The SMILES string of the molecule is CCCCNC(=O)CSc1nc2ccccc2n1CC(=O)N1CCc2ccccc21. The van der Waals surface area contributed by atoms with E-state index in [1.807, 2.05) is 51.9 Å². The van der Waals surface area contributed by atoms with E-state index in [4.69, 9.17) is 0 Å².